The zero-order valence-corrected chi connectivity index (χ0v) is 18.9. The molecule has 0 radical (unpaired) electrons. The number of carbonyl (C=O) groups excluding carboxylic acids is 2. The standard InChI is InChI=1S/C25H21N3O7/c1-34-19-10-7-17(12-20(19)35-2)23(29)21-22(16-5-8-18(9-6-16)28(32)33)27(25(31)24(21)30)14-15-4-3-11-26-13-15/h3-13,22,29H,14H2,1-2H3/b23-21-. The van der Waals surface area contributed by atoms with Gasteiger partial charge in [-0.1, -0.05) is 6.07 Å². The van der Waals surface area contributed by atoms with E-state index in [9.17, 15) is 24.8 Å². The van der Waals surface area contributed by atoms with Gasteiger partial charge in [-0.15, -0.1) is 0 Å². The highest BCUT2D eigenvalue weighted by Gasteiger charge is 2.46. The number of nitro benzene ring substituents is 1. The highest BCUT2D eigenvalue weighted by Crippen LogP contribution is 2.41. The van der Waals surface area contributed by atoms with E-state index in [1.54, 1.807) is 30.6 Å². The first kappa shape index (κ1) is 23.4. The predicted molar refractivity (Wildman–Crippen MR) is 125 cm³/mol. The Bertz CT molecular complexity index is 1320. The lowest BCUT2D eigenvalue weighted by Gasteiger charge is -2.25. The van der Waals surface area contributed by atoms with Crippen LogP contribution in [0.2, 0.25) is 0 Å². The molecule has 35 heavy (non-hydrogen) atoms. The molecule has 4 rings (SSSR count). The molecule has 1 N–H and O–H groups in total. The third-order valence-electron chi connectivity index (χ3n) is 5.69. The van der Waals surface area contributed by atoms with Gasteiger partial charge in [0.15, 0.2) is 11.5 Å². The number of methoxy groups -OCH3 is 2. The number of likely N-dealkylation sites (tertiary alicyclic amines) is 1. The zero-order chi connectivity index (χ0) is 25.1. The molecule has 2 heterocycles. The molecule has 178 valence electrons. The van der Waals surface area contributed by atoms with Gasteiger partial charge in [-0.3, -0.25) is 24.7 Å². The highest BCUT2D eigenvalue weighted by atomic mass is 16.6. The number of carbonyl (C=O) groups is 2. The van der Waals surface area contributed by atoms with Crippen LogP contribution in [0.1, 0.15) is 22.7 Å². The summed E-state index contributed by atoms with van der Waals surface area (Å²) in [6, 6.07) is 12.6. The lowest BCUT2D eigenvalue weighted by atomic mass is 9.95. The van der Waals surface area contributed by atoms with Crippen molar-refractivity contribution in [2.75, 3.05) is 14.2 Å². The van der Waals surface area contributed by atoms with Crippen LogP contribution in [0.4, 0.5) is 5.69 Å². The summed E-state index contributed by atoms with van der Waals surface area (Å²) in [5.41, 5.74) is 1.07. The van der Waals surface area contributed by atoms with Crippen LogP contribution in [-0.4, -0.2) is 45.8 Å². The van der Waals surface area contributed by atoms with Crippen molar-refractivity contribution in [3.05, 3.63) is 99.4 Å². The Balaban J connectivity index is 1.87. The highest BCUT2D eigenvalue weighted by molar-refractivity contribution is 6.46. The molecule has 10 heteroatoms. The van der Waals surface area contributed by atoms with E-state index in [0.717, 1.165) is 0 Å². The SMILES string of the molecule is COc1ccc(/C(O)=C2/C(=O)C(=O)N(Cc3cccnc3)C2c2ccc([N+](=O)[O-])cc2)cc1OC. The van der Waals surface area contributed by atoms with E-state index in [4.69, 9.17) is 9.47 Å². The average Bonchev–Trinajstić information content (AvgIpc) is 3.13. The van der Waals surface area contributed by atoms with Crippen molar-refractivity contribution < 1.29 is 29.1 Å². The van der Waals surface area contributed by atoms with Crippen molar-refractivity contribution in [1.29, 1.82) is 0 Å². The second-order valence-corrected chi connectivity index (χ2v) is 7.71. The topological polar surface area (TPSA) is 132 Å². The van der Waals surface area contributed by atoms with E-state index >= 15 is 0 Å². The smallest absolute Gasteiger partial charge is 0.295 e. The summed E-state index contributed by atoms with van der Waals surface area (Å²) in [4.78, 5) is 42.2. The van der Waals surface area contributed by atoms with E-state index in [2.05, 4.69) is 4.98 Å². The van der Waals surface area contributed by atoms with Gasteiger partial charge in [-0.2, -0.15) is 0 Å². The van der Waals surface area contributed by atoms with Crippen molar-refractivity contribution in [3.63, 3.8) is 0 Å². The minimum absolute atomic E-state index is 0.0444. The molecule has 1 aromatic heterocycles. The molecule has 0 saturated carbocycles. The number of aliphatic hydroxyl groups excluding tert-OH is 1. The number of hydrogen-bond acceptors (Lipinski definition) is 8. The molecule has 1 aliphatic heterocycles. The molecule has 0 spiro atoms. The predicted octanol–water partition coefficient (Wildman–Crippen LogP) is 3.63. The number of Topliss-reactive ketones (excluding diaryl/α,β-unsaturated/α-hetero) is 1. The molecule has 1 atom stereocenters. The summed E-state index contributed by atoms with van der Waals surface area (Å²) in [5, 5.41) is 22.3. The van der Waals surface area contributed by atoms with Gasteiger partial charge in [0, 0.05) is 36.6 Å². The molecule has 1 fully saturated rings. The first-order valence-corrected chi connectivity index (χ1v) is 10.5. The summed E-state index contributed by atoms with van der Waals surface area (Å²) >= 11 is 0. The number of nitrogens with zero attached hydrogens (tertiary/aromatic N) is 3. The number of ether oxygens (including phenoxy) is 2. The lowest BCUT2D eigenvalue weighted by Crippen LogP contribution is -2.29. The van der Waals surface area contributed by atoms with Gasteiger partial charge in [0.2, 0.25) is 0 Å². The van der Waals surface area contributed by atoms with Gasteiger partial charge in [0.1, 0.15) is 5.76 Å². The number of non-ortho nitro benzene ring substituents is 1. The van der Waals surface area contributed by atoms with Crippen LogP contribution in [0.15, 0.2) is 72.6 Å². The normalized spacial score (nSPS) is 16.9. The fourth-order valence-electron chi connectivity index (χ4n) is 4.00. The minimum Gasteiger partial charge on any atom is -0.507 e. The Morgan fingerprint density at radius 2 is 1.80 bits per heavy atom. The number of ketones is 1. The number of rotatable bonds is 7. The quantitative estimate of drug-likeness (QED) is 0.180. The van der Waals surface area contributed by atoms with Gasteiger partial charge >= 0.3 is 0 Å². The largest absolute Gasteiger partial charge is 0.507 e. The third-order valence-corrected chi connectivity index (χ3v) is 5.69. The maximum atomic E-state index is 13.2. The van der Waals surface area contributed by atoms with Gasteiger partial charge in [-0.25, -0.2) is 0 Å². The number of pyridine rings is 1. The molecule has 1 saturated heterocycles. The summed E-state index contributed by atoms with van der Waals surface area (Å²) in [7, 11) is 2.90. The van der Waals surface area contributed by atoms with Gasteiger partial charge in [0.25, 0.3) is 17.4 Å². The van der Waals surface area contributed by atoms with E-state index in [0.29, 0.717) is 22.6 Å². The van der Waals surface area contributed by atoms with Crippen LogP contribution < -0.4 is 9.47 Å². The molecule has 10 nitrogen and oxygen atoms in total. The summed E-state index contributed by atoms with van der Waals surface area (Å²) in [5.74, 6) is -1.33. The minimum atomic E-state index is -0.982. The number of hydrogen-bond donors (Lipinski definition) is 1. The van der Waals surface area contributed by atoms with Crippen LogP contribution in [0.5, 0.6) is 11.5 Å². The number of benzene rings is 2. The molecule has 0 bridgehead atoms. The molecule has 1 amide bonds. The van der Waals surface area contributed by atoms with E-state index in [1.165, 1.54) is 55.5 Å². The average molecular weight is 475 g/mol. The molecule has 1 unspecified atom stereocenters. The fourth-order valence-corrected chi connectivity index (χ4v) is 4.00. The summed E-state index contributed by atoms with van der Waals surface area (Å²) in [6.07, 6.45) is 3.16. The summed E-state index contributed by atoms with van der Waals surface area (Å²) < 4.78 is 10.5. The van der Waals surface area contributed by atoms with Crippen LogP contribution in [0, 0.1) is 10.1 Å². The van der Waals surface area contributed by atoms with Crippen LogP contribution >= 0.6 is 0 Å². The molecular weight excluding hydrogens is 454 g/mol. The Morgan fingerprint density at radius 3 is 2.40 bits per heavy atom. The van der Waals surface area contributed by atoms with E-state index in [1.807, 2.05) is 0 Å². The Morgan fingerprint density at radius 1 is 1.09 bits per heavy atom. The molecule has 0 aliphatic carbocycles. The first-order valence-electron chi connectivity index (χ1n) is 10.5. The number of nitro groups is 1. The van der Waals surface area contributed by atoms with E-state index < -0.39 is 28.4 Å². The maximum Gasteiger partial charge on any atom is 0.295 e. The zero-order valence-electron chi connectivity index (χ0n) is 18.9. The monoisotopic (exact) mass is 475 g/mol. The van der Waals surface area contributed by atoms with Gasteiger partial charge in [-0.05, 0) is 47.5 Å². The Hall–Kier alpha value is -4.73. The molecule has 3 aromatic rings. The van der Waals surface area contributed by atoms with Crippen molar-refractivity contribution in [1.82, 2.24) is 9.88 Å². The van der Waals surface area contributed by atoms with Gasteiger partial charge in [0.05, 0.1) is 30.8 Å². The van der Waals surface area contributed by atoms with Crippen molar-refractivity contribution in [2.24, 2.45) is 0 Å². The number of amides is 1. The molecule has 1 aliphatic rings. The second-order valence-electron chi connectivity index (χ2n) is 7.71. The molecule has 2 aromatic carbocycles. The Kier molecular flexibility index (Phi) is 6.45. The van der Waals surface area contributed by atoms with Gasteiger partial charge < -0.3 is 19.5 Å². The van der Waals surface area contributed by atoms with E-state index in [-0.39, 0.29) is 23.4 Å². The van der Waals surface area contributed by atoms with Crippen LogP contribution in [0.25, 0.3) is 5.76 Å². The fraction of sp³-hybridized carbons (Fsp3) is 0.160. The van der Waals surface area contributed by atoms with Crippen LogP contribution in [0.3, 0.4) is 0 Å². The lowest BCUT2D eigenvalue weighted by molar-refractivity contribution is -0.384. The van der Waals surface area contributed by atoms with Crippen LogP contribution in [-0.2, 0) is 16.1 Å². The first-order chi connectivity index (χ1) is 16.8. The third kappa shape index (κ3) is 4.41. The number of aromatic nitrogens is 1. The maximum absolute atomic E-state index is 13.2. The molecular formula is C25H21N3O7. The Labute approximate surface area is 200 Å². The van der Waals surface area contributed by atoms with Crippen molar-refractivity contribution in [2.45, 2.75) is 12.6 Å². The summed E-state index contributed by atoms with van der Waals surface area (Å²) in [6.45, 7) is 0.0444. The number of aliphatic hydroxyl groups is 1. The van der Waals surface area contributed by atoms with Crippen molar-refractivity contribution >= 4 is 23.1 Å². The second kappa shape index (κ2) is 9.64. The van der Waals surface area contributed by atoms with Crippen molar-refractivity contribution in [3.8, 4) is 11.5 Å².